The molecule has 0 amide bonds. The van der Waals surface area contributed by atoms with E-state index in [-0.39, 0.29) is 11.6 Å². The average Bonchev–Trinajstić information content (AvgIpc) is 3.30. The summed E-state index contributed by atoms with van der Waals surface area (Å²) in [5.41, 5.74) is 2.62. The number of aryl methyl sites for hydroxylation is 2. The number of benzene rings is 1. The zero-order valence-corrected chi connectivity index (χ0v) is 15.5. The zero-order valence-electron chi connectivity index (χ0n) is 14.8. The highest BCUT2D eigenvalue weighted by Gasteiger charge is 2.26. The highest BCUT2D eigenvalue weighted by molar-refractivity contribution is 6.31. The number of carbonyl (C=O) groups is 1. The number of ether oxygens (including phenoxy) is 1. The predicted molar refractivity (Wildman–Crippen MR) is 102 cm³/mol. The van der Waals surface area contributed by atoms with Gasteiger partial charge in [-0.3, -0.25) is 4.68 Å². The largest absolute Gasteiger partial charge is 0.466 e. The van der Waals surface area contributed by atoms with Gasteiger partial charge in [-0.15, -0.1) is 0 Å². The van der Waals surface area contributed by atoms with E-state index in [4.69, 9.17) is 20.8 Å². The molecule has 0 saturated heterocycles. The summed E-state index contributed by atoms with van der Waals surface area (Å²) in [5.74, 6) is 1.15. The van der Waals surface area contributed by atoms with Crippen LogP contribution in [0.25, 0.3) is 6.08 Å². The Hall–Kier alpha value is -3.12. The van der Waals surface area contributed by atoms with E-state index in [1.807, 2.05) is 37.4 Å². The highest BCUT2D eigenvalue weighted by atomic mass is 35.5. The molecule has 136 valence electrons. The third kappa shape index (κ3) is 3.57. The van der Waals surface area contributed by atoms with Gasteiger partial charge in [0.1, 0.15) is 11.5 Å². The number of hydrogen-bond acceptors (Lipinski definition) is 5. The van der Waals surface area contributed by atoms with E-state index in [9.17, 15) is 4.79 Å². The van der Waals surface area contributed by atoms with Crippen molar-refractivity contribution in [3.8, 4) is 0 Å². The summed E-state index contributed by atoms with van der Waals surface area (Å²) >= 11 is 6.19. The van der Waals surface area contributed by atoms with Crippen LogP contribution in [-0.2, 0) is 16.1 Å². The fraction of sp³-hybridized carbons (Fsp3) is 0.150. The molecule has 0 unspecified atom stereocenters. The molecule has 3 aromatic rings. The molecule has 1 aromatic carbocycles. The van der Waals surface area contributed by atoms with Crippen LogP contribution >= 0.6 is 11.6 Å². The lowest BCUT2D eigenvalue weighted by molar-refractivity contribution is -0.129. The number of rotatable bonds is 4. The van der Waals surface area contributed by atoms with E-state index in [2.05, 4.69) is 10.1 Å². The second-order valence-corrected chi connectivity index (χ2v) is 6.63. The van der Waals surface area contributed by atoms with E-state index in [0.29, 0.717) is 22.9 Å². The van der Waals surface area contributed by atoms with E-state index in [1.54, 1.807) is 29.9 Å². The third-order valence-electron chi connectivity index (χ3n) is 4.14. The van der Waals surface area contributed by atoms with Crippen molar-refractivity contribution in [3.63, 3.8) is 0 Å². The number of halogens is 1. The molecule has 3 heterocycles. The van der Waals surface area contributed by atoms with Gasteiger partial charge in [-0.2, -0.15) is 5.10 Å². The molecule has 0 fully saturated rings. The lowest BCUT2D eigenvalue weighted by Crippen LogP contribution is -2.05. The van der Waals surface area contributed by atoms with E-state index in [0.717, 1.165) is 16.9 Å². The smallest absolute Gasteiger partial charge is 0.363 e. The van der Waals surface area contributed by atoms with E-state index >= 15 is 0 Å². The maximum absolute atomic E-state index is 12.1. The highest BCUT2D eigenvalue weighted by Crippen LogP contribution is 2.23. The van der Waals surface area contributed by atoms with Crippen LogP contribution in [0.2, 0.25) is 5.02 Å². The van der Waals surface area contributed by atoms with Gasteiger partial charge in [0, 0.05) is 16.8 Å². The van der Waals surface area contributed by atoms with Crippen LogP contribution in [0.1, 0.15) is 28.2 Å². The Kier molecular flexibility index (Phi) is 4.41. The number of furan rings is 1. The van der Waals surface area contributed by atoms with Crippen LogP contribution in [0.4, 0.5) is 0 Å². The van der Waals surface area contributed by atoms with Crippen LogP contribution in [0.5, 0.6) is 0 Å². The van der Waals surface area contributed by atoms with Crippen LogP contribution in [0, 0.1) is 13.8 Å². The van der Waals surface area contributed by atoms with Crippen LogP contribution in [0.3, 0.4) is 0 Å². The third-order valence-corrected chi connectivity index (χ3v) is 4.51. The first-order chi connectivity index (χ1) is 13.0. The Labute approximate surface area is 160 Å². The van der Waals surface area contributed by atoms with Crippen molar-refractivity contribution >= 4 is 29.5 Å². The van der Waals surface area contributed by atoms with Gasteiger partial charge in [0.05, 0.1) is 18.3 Å². The molecule has 4 rings (SSSR count). The molecular formula is C20H16ClN3O3. The van der Waals surface area contributed by atoms with Crippen LogP contribution in [-0.4, -0.2) is 21.6 Å². The van der Waals surface area contributed by atoms with Crippen molar-refractivity contribution in [1.29, 1.82) is 0 Å². The molecule has 0 N–H and O–H groups in total. The molecule has 2 aromatic heterocycles. The summed E-state index contributed by atoms with van der Waals surface area (Å²) in [5, 5.41) is 5.00. The molecule has 0 atom stereocenters. The molecule has 0 bridgehead atoms. The number of cyclic esters (lactones) is 1. The Balaban J connectivity index is 1.57. The van der Waals surface area contributed by atoms with Crippen molar-refractivity contribution in [2.24, 2.45) is 4.99 Å². The van der Waals surface area contributed by atoms with Crippen LogP contribution < -0.4 is 0 Å². The second-order valence-electron chi connectivity index (χ2n) is 6.23. The molecule has 7 heteroatoms. The van der Waals surface area contributed by atoms with Gasteiger partial charge in [0.25, 0.3) is 0 Å². The first-order valence-electron chi connectivity index (χ1n) is 8.35. The summed E-state index contributed by atoms with van der Waals surface area (Å²) in [6, 6.07) is 9.40. The number of aliphatic imine (C=N–C) groups is 1. The first-order valence-corrected chi connectivity index (χ1v) is 8.73. The summed E-state index contributed by atoms with van der Waals surface area (Å²) in [6.07, 6.45) is 5.13. The molecule has 0 spiro atoms. The fourth-order valence-corrected chi connectivity index (χ4v) is 3.06. The first kappa shape index (κ1) is 17.3. The average molecular weight is 382 g/mol. The number of aromatic nitrogens is 2. The minimum Gasteiger partial charge on any atom is -0.466 e. The summed E-state index contributed by atoms with van der Waals surface area (Å²) in [4.78, 5) is 16.4. The molecule has 0 saturated carbocycles. The summed E-state index contributed by atoms with van der Waals surface area (Å²) < 4.78 is 12.5. The van der Waals surface area contributed by atoms with E-state index in [1.165, 1.54) is 0 Å². The van der Waals surface area contributed by atoms with Gasteiger partial charge in [-0.05, 0) is 37.6 Å². The standard InChI is InChI=1S/C20H16ClN3O3/c1-12-7-16(13(2)26-12)19-23-18(20(25)27-19)8-14-9-22-24(10-14)11-15-5-3-4-6-17(15)21/h3-10H,11H2,1-2H3. The normalized spacial score (nSPS) is 15.3. The Morgan fingerprint density at radius 2 is 2.07 bits per heavy atom. The van der Waals surface area contributed by atoms with Gasteiger partial charge >= 0.3 is 5.97 Å². The van der Waals surface area contributed by atoms with Gasteiger partial charge in [0.15, 0.2) is 5.70 Å². The minimum absolute atomic E-state index is 0.223. The maximum atomic E-state index is 12.1. The zero-order chi connectivity index (χ0) is 19.0. The lowest BCUT2D eigenvalue weighted by Gasteiger charge is -2.03. The maximum Gasteiger partial charge on any atom is 0.363 e. The SMILES string of the molecule is Cc1cc(C2=NC(=Cc3cnn(Cc4ccccc4Cl)c3)C(=O)O2)c(C)o1. The predicted octanol–water partition coefficient (Wildman–Crippen LogP) is 4.14. The second kappa shape index (κ2) is 6.89. The van der Waals surface area contributed by atoms with Gasteiger partial charge in [-0.1, -0.05) is 29.8 Å². The van der Waals surface area contributed by atoms with Crippen molar-refractivity contribution in [2.75, 3.05) is 0 Å². The molecule has 0 aliphatic carbocycles. The monoisotopic (exact) mass is 381 g/mol. The number of carbonyl (C=O) groups excluding carboxylic acids is 1. The van der Waals surface area contributed by atoms with Gasteiger partial charge in [-0.25, -0.2) is 9.79 Å². The summed E-state index contributed by atoms with van der Waals surface area (Å²) in [6.45, 7) is 4.17. The Morgan fingerprint density at radius 1 is 1.26 bits per heavy atom. The van der Waals surface area contributed by atoms with Crippen molar-refractivity contribution in [1.82, 2.24) is 9.78 Å². The molecule has 27 heavy (non-hydrogen) atoms. The minimum atomic E-state index is -0.498. The summed E-state index contributed by atoms with van der Waals surface area (Å²) in [7, 11) is 0. The van der Waals surface area contributed by atoms with Gasteiger partial charge < -0.3 is 9.15 Å². The van der Waals surface area contributed by atoms with Crippen molar-refractivity contribution in [2.45, 2.75) is 20.4 Å². The molecule has 1 aliphatic heterocycles. The molecular weight excluding hydrogens is 366 g/mol. The van der Waals surface area contributed by atoms with E-state index < -0.39 is 5.97 Å². The quantitative estimate of drug-likeness (QED) is 0.503. The number of esters is 1. The fourth-order valence-electron chi connectivity index (χ4n) is 2.87. The number of hydrogen-bond donors (Lipinski definition) is 0. The lowest BCUT2D eigenvalue weighted by atomic mass is 10.2. The van der Waals surface area contributed by atoms with Crippen LogP contribution in [0.15, 0.2) is 57.8 Å². The number of nitrogens with zero attached hydrogens (tertiary/aromatic N) is 3. The molecule has 1 aliphatic rings. The molecule has 0 radical (unpaired) electrons. The Bertz CT molecular complexity index is 1090. The topological polar surface area (TPSA) is 69.6 Å². The Morgan fingerprint density at radius 3 is 2.81 bits per heavy atom. The molecule has 6 nitrogen and oxygen atoms in total. The van der Waals surface area contributed by atoms with Gasteiger partial charge in [0.2, 0.25) is 5.90 Å². The van der Waals surface area contributed by atoms with Crippen molar-refractivity contribution in [3.05, 3.63) is 81.7 Å². The van der Waals surface area contributed by atoms with Crippen molar-refractivity contribution < 1.29 is 13.9 Å².